The zero-order valence-corrected chi connectivity index (χ0v) is 7.51. The molecule has 0 heterocycles. The second-order valence-electron chi connectivity index (χ2n) is 2.54. The van der Waals surface area contributed by atoms with Gasteiger partial charge in [0, 0.05) is 0 Å². The van der Waals surface area contributed by atoms with Crippen LogP contribution in [0.4, 0.5) is 4.39 Å². The van der Waals surface area contributed by atoms with Gasteiger partial charge in [0.05, 0.1) is 11.9 Å². The molecular weight excluding hydrogens is 179 g/mol. The molecule has 66 valence electrons. The highest BCUT2D eigenvalue weighted by Gasteiger charge is 2.08. The summed E-state index contributed by atoms with van der Waals surface area (Å²) in [6.07, 6.45) is 0.627. The van der Waals surface area contributed by atoms with E-state index in [1.165, 1.54) is 12.1 Å². The second kappa shape index (κ2) is 4.43. The maximum atomic E-state index is 12.5. The molecule has 0 saturated heterocycles. The van der Waals surface area contributed by atoms with Crippen LogP contribution in [0, 0.1) is 5.82 Å². The number of halogens is 2. The lowest BCUT2D eigenvalue weighted by Gasteiger charge is -2.09. The Bertz CT molecular complexity index is 231. The monoisotopic (exact) mass is 188 g/mol. The van der Waals surface area contributed by atoms with Crippen molar-refractivity contribution in [2.24, 2.45) is 0 Å². The summed E-state index contributed by atoms with van der Waals surface area (Å²) in [5, 5.41) is 0. The Morgan fingerprint density at radius 2 is 2.00 bits per heavy atom. The first-order valence-corrected chi connectivity index (χ1v) is 4.11. The van der Waals surface area contributed by atoms with Gasteiger partial charge in [0.2, 0.25) is 0 Å². The molecule has 0 aliphatic carbocycles. The van der Waals surface area contributed by atoms with Crippen molar-refractivity contribution < 1.29 is 8.68 Å². The Balaban J connectivity index is 2.80. The van der Waals surface area contributed by atoms with Gasteiger partial charge in [-0.25, -0.2) is 4.39 Å². The molecule has 1 atom stereocenters. The minimum atomic E-state index is -0.247. The molecule has 0 fully saturated rings. The van der Waals surface area contributed by atoms with E-state index < -0.39 is 0 Å². The molecular formula is C9H10ClFO. The summed E-state index contributed by atoms with van der Waals surface area (Å²) in [6.45, 7) is 1.95. The van der Waals surface area contributed by atoms with Crippen molar-refractivity contribution in [3.05, 3.63) is 35.6 Å². The van der Waals surface area contributed by atoms with Crippen LogP contribution in [-0.2, 0) is 4.29 Å². The van der Waals surface area contributed by atoms with E-state index in [0.29, 0.717) is 0 Å². The minimum Gasteiger partial charge on any atom is -0.271 e. The molecule has 1 aromatic rings. The Morgan fingerprint density at radius 1 is 1.42 bits per heavy atom. The van der Waals surface area contributed by atoms with Gasteiger partial charge in [0.1, 0.15) is 11.9 Å². The van der Waals surface area contributed by atoms with Gasteiger partial charge >= 0.3 is 0 Å². The standard InChI is InChI=1S/C9H10ClFO/c1-2-9(12-10)7-3-5-8(11)6-4-7/h3-6,9H,2H2,1H3/t9-/m0/s1. The summed E-state index contributed by atoms with van der Waals surface area (Å²) in [7, 11) is 0. The van der Waals surface area contributed by atoms with Crippen LogP contribution in [0.5, 0.6) is 0 Å². The first kappa shape index (κ1) is 9.49. The van der Waals surface area contributed by atoms with Crippen LogP contribution in [0.25, 0.3) is 0 Å². The number of rotatable bonds is 3. The van der Waals surface area contributed by atoms with Gasteiger partial charge < -0.3 is 0 Å². The largest absolute Gasteiger partial charge is 0.271 e. The zero-order chi connectivity index (χ0) is 8.97. The molecule has 0 radical (unpaired) electrons. The third-order valence-electron chi connectivity index (χ3n) is 1.72. The third-order valence-corrected chi connectivity index (χ3v) is 1.94. The molecule has 0 bridgehead atoms. The summed E-state index contributed by atoms with van der Waals surface area (Å²) in [5.74, 6) is -0.247. The maximum Gasteiger partial charge on any atom is 0.123 e. The van der Waals surface area contributed by atoms with Crippen LogP contribution in [0.1, 0.15) is 25.0 Å². The molecule has 0 unspecified atom stereocenters. The topological polar surface area (TPSA) is 9.23 Å². The van der Waals surface area contributed by atoms with Crippen LogP contribution in [0.15, 0.2) is 24.3 Å². The first-order chi connectivity index (χ1) is 5.77. The Labute approximate surface area is 76.3 Å². The Morgan fingerprint density at radius 3 is 2.42 bits per heavy atom. The highest BCUT2D eigenvalue weighted by Crippen LogP contribution is 2.22. The van der Waals surface area contributed by atoms with E-state index in [1.54, 1.807) is 12.1 Å². The van der Waals surface area contributed by atoms with Crippen molar-refractivity contribution in [2.75, 3.05) is 0 Å². The van der Waals surface area contributed by atoms with Gasteiger partial charge in [-0.1, -0.05) is 19.1 Å². The highest BCUT2D eigenvalue weighted by atomic mass is 35.5. The zero-order valence-electron chi connectivity index (χ0n) is 6.76. The van der Waals surface area contributed by atoms with Crippen molar-refractivity contribution in [2.45, 2.75) is 19.4 Å². The first-order valence-electron chi connectivity index (χ1n) is 3.80. The number of hydrogen-bond acceptors (Lipinski definition) is 1. The predicted octanol–water partition coefficient (Wildman–Crippen LogP) is 3.45. The summed E-state index contributed by atoms with van der Waals surface area (Å²) in [4.78, 5) is 0. The molecule has 0 aliphatic heterocycles. The van der Waals surface area contributed by atoms with Crippen molar-refractivity contribution >= 4 is 11.9 Å². The van der Waals surface area contributed by atoms with Gasteiger partial charge in [0.25, 0.3) is 0 Å². The van der Waals surface area contributed by atoms with Crippen molar-refractivity contribution in [1.82, 2.24) is 0 Å². The van der Waals surface area contributed by atoms with Crippen molar-refractivity contribution in [3.63, 3.8) is 0 Å². The van der Waals surface area contributed by atoms with Gasteiger partial charge in [-0.2, -0.15) is 0 Å². The molecule has 1 aromatic carbocycles. The van der Waals surface area contributed by atoms with Crippen LogP contribution in [-0.4, -0.2) is 0 Å². The van der Waals surface area contributed by atoms with Crippen LogP contribution in [0.3, 0.4) is 0 Å². The minimum absolute atomic E-state index is 0.146. The van der Waals surface area contributed by atoms with Gasteiger partial charge in [-0.3, -0.25) is 4.29 Å². The van der Waals surface area contributed by atoms with Crippen LogP contribution >= 0.6 is 11.9 Å². The maximum absolute atomic E-state index is 12.5. The molecule has 0 aromatic heterocycles. The molecule has 1 nitrogen and oxygen atoms in total. The quantitative estimate of drug-likeness (QED) is 0.706. The van der Waals surface area contributed by atoms with Crippen LogP contribution < -0.4 is 0 Å². The summed E-state index contributed by atoms with van der Waals surface area (Å²) in [6, 6.07) is 6.14. The van der Waals surface area contributed by atoms with Gasteiger partial charge in [-0.15, -0.1) is 0 Å². The third kappa shape index (κ3) is 2.19. The normalized spacial score (nSPS) is 12.9. The lowest BCUT2D eigenvalue weighted by Crippen LogP contribution is -1.96. The summed E-state index contributed by atoms with van der Waals surface area (Å²) in [5.41, 5.74) is 0.897. The lowest BCUT2D eigenvalue weighted by molar-refractivity contribution is 0.224. The van der Waals surface area contributed by atoms with Crippen molar-refractivity contribution in [1.29, 1.82) is 0 Å². The molecule has 12 heavy (non-hydrogen) atoms. The summed E-state index contributed by atoms with van der Waals surface area (Å²) >= 11 is 5.25. The molecule has 0 N–H and O–H groups in total. The fraction of sp³-hybridized carbons (Fsp3) is 0.333. The van der Waals surface area contributed by atoms with E-state index in [9.17, 15) is 4.39 Å². The number of hydrogen-bond donors (Lipinski definition) is 0. The molecule has 0 spiro atoms. The molecule has 0 amide bonds. The smallest absolute Gasteiger partial charge is 0.123 e. The van der Waals surface area contributed by atoms with Gasteiger partial charge in [0.15, 0.2) is 0 Å². The fourth-order valence-electron chi connectivity index (χ4n) is 1.03. The van der Waals surface area contributed by atoms with E-state index in [2.05, 4.69) is 4.29 Å². The molecule has 0 saturated carbocycles. The summed E-state index contributed by atoms with van der Waals surface area (Å²) < 4.78 is 17.2. The van der Waals surface area contributed by atoms with E-state index in [1.807, 2.05) is 6.92 Å². The second-order valence-corrected chi connectivity index (χ2v) is 2.72. The molecule has 3 heteroatoms. The average molecular weight is 189 g/mol. The molecule has 1 rings (SSSR count). The van der Waals surface area contributed by atoms with E-state index in [0.717, 1.165) is 12.0 Å². The van der Waals surface area contributed by atoms with Crippen molar-refractivity contribution in [3.8, 4) is 0 Å². The Hall–Kier alpha value is -0.600. The average Bonchev–Trinajstić information content (AvgIpc) is 2.10. The van der Waals surface area contributed by atoms with Gasteiger partial charge in [-0.05, 0) is 24.1 Å². The van der Waals surface area contributed by atoms with Crippen LogP contribution in [0.2, 0.25) is 0 Å². The predicted molar refractivity (Wildman–Crippen MR) is 46.4 cm³/mol. The Kier molecular flexibility index (Phi) is 3.50. The SMILES string of the molecule is CC[C@H](OCl)c1ccc(F)cc1. The fourth-order valence-corrected chi connectivity index (χ4v) is 1.26. The lowest BCUT2D eigenvalue weighted by atomic mass is 10.1. The van der Waals surface area contributed by atoms with E-state index in [4.69, 9.17) is 11.9 Å². The van der Waals surface area contributed by atoms with E-state index >= 15 is 0 Å². The highest BCUT2D eigenvalue weighted by molar-refractivity contribution is 6.07. The number of benzene rings is 1. The molecule has 0 aliphatic rings. The van der Waals surface area contributed by atoms with E-state index in [-0.39, 0.29) is 11.9 Å².